The van der Waals surface area contributed by atoms with Crippen LogP contribution in [0.5, 0.6) is 0 Å². The molecule has 0 aliphatic carbocycles. The molecule has 2 atom stereocenters. The molecule has 92 valence electrons. The molecule has 1 aromatic heterocycles. The van der Waals surface area contributed by atoms with Crippen LogP contribution in [0, 0.1) is 6.92 Å². The van der Waals surface area contributed by atoms with Gasteiger partial charge in [-0.15, -0.1) is 23.1 Å². The number of thiophene rings is 1. The number of hydrogen-bond donors (Lipinski definition) is 1. The molecule has 1 aliphatic heterocycles. The third kappa shape index (κ3) is 2.19. The van der Waals surface area contributed by atoms with Crippen molar-refractivity contribution in [2.75, 3.05) is 5.75 Å². The molecule has 1 aromatic rings. The molecule has 1 aliphatic rings. The van der Waals surface area contributed by atoms with E-state index in [1.807, 2.05) is 18.4 Å². The highest BCUT2D eigenvalue weighted by atomic mass is 32.2. The highest BCUT2D eigenvalue weighted by molar-refractivity contribution is 7.99. The van der Waals surface area contributed by atoms with Gasteiger partial charge in [-0.2, -0.15) is 0 Å². The molecule has 1 saturated heterocycles. The lowest BCUT2D eigenvalue weighted by molar-refractivity contribution is -0.148. The second kappa shape index (κ2) is 4.70. The van der Waals surface area contributed by atoms with Gasteiger partial charge in [-0.3, -0.25) is 4.79 Å². The molecule has 0 unspecified atom stereocenters. The number of amides is 1. The summed E-state index contributed by atoms with van der Waals surface area (Å²) in [5.41, 5.74) is 1.12. The zero-order valence-electron chi connectivity index (χ0n) is 9.54. The van der Waals surface area contributed by atoms with E-state index in [4.69, 9.17) is 5.11 Å². The lowest BCUT2D eigenvalue weighted by atomic mass is 10.2. The number of aliphatic carboxylic acids is 1. The van der Waals surface area contributed by atoms with Crippen molar-refractivity contribution in [3.8, 4) is 0 Å². The first kappa shape index (κ1) is 12.4. The average Bonchev–Trinajstić information content (AvgIpc) is 2.82. The Kier molecular flexibility index (Phi) is 3.44. The van der Waals surface area contributed by atoms with Gasteiger partial charge in [0, 0.05) is 17.6 Å². The van der Waals surface area contributed by atoms with Gasteiger partial charge in [0.25, 0.3) is 0 Å². The predicted octanol–water partition coefficient (Wildman–Crippen LogP) is 2.10. The van der Waals surface area contributed by atoms with Gasteiger partial charge in [-0.1, -0.05) is 0 Å². The lowest BCUT2D eigenvalue weighted by Crippen LogP contribution is -2.41. The first-order chi connectivity index (χ1) is 8.02. The fraction of sp³-hybridized carbons (Fsp3) is 0.455. The van der Waals surface area contributed by atoms with E-state index in [1.165, 1.54) is 23.6 Å². The second-order valence-electron chi connectivity index (χ2n) is 3.93. The maximum atomic E-state index is 11.6. The van der Waals surface area contributed by atoms with Crippen LogP contribution in [0.4, 0.5) is 0 Å². The van der Waals surface area contributed by atoms with Crippen molar-refractivity contribution in [1.82, 2.24) is 4.90 Å². The first-order valence-corrected chi connectivity index (χ1v) is 7.12. The minimum absolute atomic E-state index is 0.145. The van der Waals surface area contributed by atoms with Crippen molar-refractivity contribution in [3.63, 3.8) is 0 Å². The minimum Gasteiger partial charge on any atom is -0.480 e. The maximum absolute atomic E-state index is 11.6. The molecule has 2 heterocycles. The van der Waals surface area contributed by atoms with Crippen molar-refractivity contribution >= 4 is 35.0 Å². The average molecular weight is 271 g/mol. The third-order valence-electron chi connectivity index (χ3n) is 2.78. The Morgan fingerprint density at radius 3 is 2.71 bits per heavy atom. The molecular formula is C11H13NO3S2. The topological polar surface area (TPSA) is 57.6 Å². The highest BCUT2D eigenvalue weighted by Gasteiger charge is 2.41. The Labute approximate surface area is 108 Å². The third-order valence-corrected chi connectivity index (χ3v) is 5.28. The van der Waals surface area contributed by atoms with E-state index in [9.17, 15) is 9.59 Å². The lowest BCUT2D eigenvalue weighted by Gasteiger charge is -2.25. The fourth-order valence-electron chi connectivity index (χ4n) is 1.92. The molecule has 1 N–H and O–H groups in total. The summed E-state index contributed by atoms with van der Waals surface area (Å²) in [6.07, 6.45) is 0. The van der Waals surface area contributed by atoms with Crippen molar-refractivity contribution in [2.24, 2.45) is 0 Å². The van der Waals surface area contributed by atoms with Crippen molar-refractivity contribution < 1.29 is 14.7 Å². The Balaban J connectivity index is 2.33. The number of hydrogen-bond acceptors (Lipinski definition) is 4. The molecule has 0 radical (unpaired) electrons. The molecule has 0 aromatic carbocycles. The number of nitrogens with zero attached hydrogens (tertiary/aromatic N) is 1. The Bertz CT molecular complexity index is 457. The van der Waals surface area contributed by atoms with Gasteiger partial charge < -0.3 is 10.0 Å². The van der Waals surface area contributed by atoms with Gasteiger partial charge in [0.15, 0.2) is 0 Å². The maximum Gasteiger partial charge on any atom is 0.327 e. The molecule has 1 amide bonds. The summed E-state index contributed by atoms with van der Waals surface area (Å²) in [5, 5.41) is 10.9. The highest BCUT2D eigenvalue weighted by Crippen LogP contribution is 2.44. The molecule has 2 rings (SSSR count). The fourth-order valence-corrected chi connectivity index (χ4v) is 4.66. The van der Waals surface area contributed by atoms with Gasteiger partial charge >= 0.3 is 5.97 Å². The standard InChI is InChI=1S/C11H13NO3S2/c1-6-3-4-16-9(6)10-12(7(2)13)8(5-17-10)11(14)15/h3-4,8,10H,5H2,1-2H3,(H,14,15)/t8-,10+/m0/s1. The van der Waals surface area contributed by atoms with E-state index in [0.717, 1.165) is 10.4 Å². The van der Waals surface area contributed by atoms with Crippen LogP contribution >= 0.6 is 23.1 Å². The molecule has 0 saturated carbocycles. The Morgan fingerprint density at radius 1 is 1.53 bits per heavy atom. The normalized spacial score (nSPS) is 24.0. The molecule has 0 spiro atoms. The van der Waals surface area contributed by atoms with E-state index in [1.54, 1.807) is 11.3 Å². The van der Waals surface area contributed by atoms with E-state index >= 15 is 0 Å². The Morgan fingerprint density at radius 2 is 2.24 bits per heavy atom. The summed E-state index contributed by atoms with van der Waals surface area (Å²) in [6.45, 7) is 3.41. The quantitative estimate of drug-likeness (QED) is 0.895. The van der Waals surface area contributed by atoms with Crippen LogP contribution in [0.25, 0.3) is 0 Å². The summed E-state index contributed by atoms with van der Waals surface area (Å²) in [6, 6.07) is 1.29. The van der Waals surface area contributed by atoms with Crippen molar-refractivity contribution in [1.29, 1.82) is 0 Å². The number of carboxylic acids is 1. The summed E-state index contributed by atoms with van der Waals surface area (Å²) in [4.78, 5) is 25.3. The summed E-state index contributed by atoms with van der Waals surface area (Å²) < 4.78 is 0. The largest absolute Gasteiger partial charge is 0.480 e. The van der Waals surface area contributed by atoms with Gasteiger partial charge in [-0.25, -0.2) is 4.79 Å². The minimum atomic E-state index is -0.926. The van der Waals surface area contributed by atoms with Gasteiger partial charge in [-0.05, 0) is 23.9 Å². The van der Waals surface area contributed by atoms with Crippen LogP contribution < -0.4 is 0 Å². The van der Waals surface area contributed by atoms with Crippen molar-refractivity contribution in [2.45, 2.75) is 25.3 Å². The van der Waals surface area contributed by atoms with Crippen LogP contribution in [-0.4, -0.2) is 33.7 Å². The molecule has 4 nitrogen and oxygen atoms in total. The van der Waals surface area contributed by atoms with E-state index < -0.39 is 12.0 Å². The van der Waals surface area contributed by atoms with Crippen LogP contribution in [-0.2, 0) is 9.59 Å². The van der Waals surface area contributed by atoms with E-state index in [2.05, 4.69) is 0 Å². The van der Waals surface area contributed by atoms with Gasteiger partial charge in [0.2, 0.25) is 5.91 Å². The number of thioether (sulfide) groups is 1. The molecule has 1 fully saturated rings. The number of carbonyl (C=O) groups is 2. The smallest absolute Gasteiger partial charge is 0.327 e. The summed E-state index contributed by atoms with van der Waals surface area (Å²) in [5.74, 6) is -0.652. The van der Waals surface area contributed by atoms with Gasteiger partial charge in [0.1, 0.15) is 11.4 Å². The molecule has 0 bridgehead atoms. The van der Waals surface area contributed by atoms with Crippen LogP contribution in [0.2, 0.25) is 0 Å². The number of aryl methyl sites for hydroxylation is 1. The number of carboxylic acid groups (broad SMARTS) is 1. The van der Waals surface area contributed by atoms with Crippen LogP contribution in [0.3, 0.4) is 0 Å². The summed E-state index contributed by atoms with van der Waals surface area (Å²) in [7, 11) is 0. The zero-order chi connectivity index (χ0) is 12.6. The second-order valence-corrected chi connectivity index (χ2v) is 5.99. The van der Waals surface area contributed by atoms with Gasteiger partial charge in [0.05, 0.1) is 0 Å². The molecule has 6 heteroatoms. The SMILES string of the molecule is CC(=O)N1[C@@H](c2sccc2C)SC[C@H]1C(=O)O. The zero-order valence-corrected chi connectivity index (χ0v) is 11.2. The molecule has 17 heavy (non-hydrogen) atoms. The Hall–Kier alpha value is -1.01. The van der Waals surface area contributed by atoms with Crippen LogP contribution in [0.1, 0.15) is 22.7 Å². The number of carbonyl (C=O) groups excluding carboxylic acids is 1. The van der Waals surface area contributed by atoms with E-state index in [0.29, 0.717) is 5.75 Å². The van der Waals surface area contributed by atoms with Crippen molar-refractivity contribution in [3.05, 3.63) is 21.9 Å². The summed E-state index contributed by atoms with van der Waals surface area (Å²) >= 11 is 3.10. The number of rotatable bonds is 2. The first-order valence-electron chi connectivity index (χ1n) is 5.19. The monoisotopic (exact) mass is 271 g/mol. The predicted molar refractivity (Wildman–Crippen MR) is 68.2 cm³/mol. The van der Waals surface area contributed by atoms with E-state index in [-0.39, 0.29) is 11.3 Å². The van der Waals surface area contributed by atoms with Crippen LogP contribution in [0.15, 0.2) is 11.4 Å². The molecular weight excluding hydrogens is 258 g/mol.